The van der Waals surface area contributed by atoms with Crippen molar-refractivity contribution in [2.75, 3.05) is 6.61 Å². The van der Waals surface area contributed by atoms with E-state index in [1.54, 1.807) is 11.8 Å². The van der Waals surface area contributed by atoms with Crippen LogP contribution in [0, 0.1) is 13.8 Å². The summed E-state index contributed by atoms with van der Waals surface area (Å²) in [6, 6.07) is 8.13. The van der Waals surface area contributed by atoms with Crippen molar-refractivity contribution in [1.82, 2.24) is 19.5 Å². The van der Waals surface area contributed by atoms with Gasteiger partial charge in [-0.1, -0.05) is 23.9 Å². The smallest absolute Gasteiger partial charge is 0.168 e. The van der Waals surface area contributed by atoms with Crippen molar-refractivity contribution in [1.29, 1.82) is 0 Å². The predicted octanol–water partition coefficient (Wildman–Crippen LogP) is 3.85. The van der Waals surface area contributed by atoms with Gasteiger partial charge in [0, 0.05) is 12.3 Å². The molecule has 1 saturated heterocycles. The highest BCUT2D eigenvalue weighted by Crippen LogP contribution is 2.26. The minimum absolute atomic E-state index is 0.322. The van der Waals surface area contributed by atoms with E-state index in [4.69, 9.17) is 9.72 Å². The van der Waals surface area contributed by atoms with Gasteiger partial charge in [0.2, 0.25) is 0 Å². The van der Waals surface area contributed by atoms with Crippen LogP contribution >= 0.6 is 11.8 Å². The second kappa shape index (κ2) is 6.61. The number of rotatable bonds is 5. The normalized spacial score (nSPS) is 17.8. The lowest BCUT2D eigenvalue weighted by Crippen LogP contribution is -2.16. The summed E-state index contributed by atoms with van der Waals surface area (Å²) in [5.74, 6) is 1.78. The summed E-state index contributed by atoms with van der Waals surface area (Å²) >= 11 is 1.74. The standard InChI is InChI=1S/C18H22N4OS/c1-12-13(2)22(10-14-6-5-9-23-14)18(19-12)24-11-17-20-15-7-3-4-8-16(15)21-17/h3-4,7-8,14H,5-6,9-11H2,1-2H3,(H,20,21). The third-order valence-electron chi connectivity index (χ3n) is 4.61. The number of hydrogen-bond acceptors (Lipinski definition) is 4. The number of nitrogens with zero attached hydrogens (tertiary/aromatic N) is 3. The minimum Gasteiger partial charge on any atom is -0.376 e. The number of thioether (sulfide) groups is 1. The second-order valence-corrected chi connectivity index (χ2v) is 7.24. The quantitative estimate of drug-likeness (QED) is 0.716. The number of hydrogen-bond donors (Lipinski definition) is 1. The van der Waals surface area contributed by atoms with Gasteiger partial charge in [0.05, 0.1) is 35.1 Å². The highest BCUT2D eigenvalue weighted by atomic mass is 32.2. The van der Waals surface area contributed by atoms with Crippen LogP contribution in [0.3, 0.4) is 0 Å². The number of H-pyrrole nitrogens is 1. The Balaban J connectivity index is 1.52. The molecule has 1 N–H and O–H groups in total. The van der Waals surface area contributed by atoms with Crippen molar-refractivity contribution in [2.45, 2.75) is 50.2 Å². The second-order valence-electron chi connectivity index (χ2n) is 6.30. The Hall–Kier alpha value is -1.79. The van der Waals surface area contributed by atoms with Gasteiger partial charge >= 0.3 is 0 Å². The molecule has 2 aromatic heterocycles. The van der Waals surface area contributed by atoms with Crippen molar-refractivity contribution >= 4 is 22.8 Å². The molecule has 0 aliphatic carbocycles. The highest BCUT2D eigenvalue weighted by molar-refractivity contribution is 7.98. The molecule has 1 aliphatic heterocycles. The molecule has 24 heavy (non-hydrogen) atoms. The van der Waals surface area contributed by atoms with E-state index in [1.807, 2.05) is 18.2 Å². The highest BCUT2D eigenvalue weighted by Gasteiger charge is 2.20. The summed E-state index contributed by atoms with van der Waals surface area (Å²) in [4.78, 5) is 12.8. The van der Waals surface area contributed by atoms with Crippen LogP contribution < -0.4 is 0 Å². The maximum atomic E-state index is 5.80. The third kappa shape index (κ3) is 3.08. The van der Waals surface area contributed by atoms with Crippen LogP contribution in [0.5, 0.6) is 0 Å². The van der Waals surface area contributed by atoms with Crippen molar-refractivity contribution < 1.29 is 4.74 Å². The van der Waals surface area contributed by atoms with Crippen LogP contribution in [0.4, 0.5) is 0 Å². The molecule has 5 nitrogen and oxygen atoms in total. The molecule has 0 saturated carbocycles. The van der Waals surface area contributed by atoms with Gasteiger partial charge in [-0.2, -0.15) is 0 Å². The summed E-state index contributed by atoms with van der Waals surface area (Å²) in [6.45, 7) is 6.00. The Bertz CT molecular complexity index is 815. The van der Waals surface area contributed by atoms with Crippen LogP contribution in [0.15, 0.2) is 29.4 Å². The number of ether oxygens (including phenoxy) is 1. The first kappa shape index (κ1) is 15.7. The third-order valence-corrected chi connectivity index (χ3v) is 5.60. The summed E-state index contributed by atoms with van der Waals surface area (Å²) in [7, 11) is 0. The number of benzene rings is 1. The topological polar surface area (TPSA) is 55.7 Å². The van der Waals surface area contributed by atoms with Gasteiger partial charge in [-0.15, -0.1) is 0 Å². The van der Waals surface area contributed by atoms with E-state index in [0.717, 1.165) is 53.0 Å². The van der Waals surface area contributed by atoms with E-state index in [9.17, 15) is 0 Å². The van der Waals surface area contributed by atoms with E-state index in [2.05, 4.69) is 34.4 Å². The number of aryl methyl sites for hydroxylation is 1. The molecule has 0 amide bonds. The fourth-order valence-electron chi connectivity index (χ4n) is 3.15. The summed E-state index contributed by atoms with van der Waals surface area (Å²) in [6.07, 6.45) is 2.63. The van der Waals surface area contributed by atoms with Crippen LogP contribution in [0.2, 0.25) is 0 Å². The van der Waals surface area contributed by atoms with Crippen molar-refractivity contribution in [2.24, 2.45) is 0 Å². The van der Waals surface area contributed by atoms with E-state index in [1.165, 1.54) is 12.1 Å². The fraction of sp³-hybridized carbons (Fsp3) is 0.444. The average molecular weight is 342 g/mol. The minimum atomic E-state index is 0.322. The number of aromatic nitrogens is 4. The number of nitrogens with one attached hydrogen (secondary N) is 1. The lowest BCUT2D eigenvalue weighted by atomic mass is 10.2. The van der Waals surface area contributed by atoms with E-state index in [0.29, 0.717) is 6.10 Å². The molecule has 3 heterocycles. The van der Waals surface area contributed by atoms with E-state index < -0.39 is 0 Å². The van der Waals surface area contributed by atoms with Crippen LogP contribution in [0.25, 0.3) is 11.0 Å². The zero-order valence-corrected chi connectivity index (χ0v) is 14.9. The summed E-state index contributed by atoms with van der Waals surface area (Å²) < 4.78 is 8.11. The first-order chi connectivity index (χ1) is 11.7. The van der Waals surface area contributed by atoms with Gasteiger partial charge in [-0.25, -0.2) is 9.97 Å². The van der Waals surface area contributed by atoms with Gasteiger partial charge in [-0.3, -0.25) is 0 Å². The Morgan fingerprint density at radius 3 is 2.96 bits per heavy atom. The Morgan fingerprint density at radius 1 is 1.29 bits per heavy atom. The molecule has 0 spiro atoms. The van der Waals surface area contributed by atoms with Gasteiger partial charge in [0.25, 0.3) is 0 Å². The van der Waals surface area contributed by atoms with Gasteiger partial charge < -0.3 is 14.3 Å². The van der Waals surface area contributed by atoms with E-state index in [-0.39, 0.29) is 0 Å². The Morgan fingerprint density at radius 2 is 2.17 bits per heavy atom. The molecule has 1 fully saturated rings. The molecule has 1 atom stereocenters. The lowest BCUT2D eigenvalue weighted by molar-refractivity contribution is 0.0945. The Kier molecular flexibility index (Phi) is 4.33. The van der Waals surface area contributed by atoms with Gasteiger partial charge in [0.1, 0.15) is 5.82 Å². The van der Waals surface area contributed by atoms with Crippen molar-refractivity contribution in [3.8, 4) is 0 Å². The Labute approximate surface area is 145 Å². The van der Waals surface area contributed by atoms with Crippen LogP contribution in [0.1, 0.15) is 30.1 Å². The number of aromatic amines is 1. The molecule has 1 aliphatic rings. The molecular weight excluding hydrogens is 320 g/mol. The fourth-order valence-corrected chi connectivity index (χ4v) is 4.12. The number of fused-ring (bicyclic) bond motifs is 1. The first-order valence-electron chi connectivity index (χ1n) is 8.42. The summed E-state index contributed by atoms with van der Waals surface area (Å²) in [5.41, 5.74) is 4.43. The molecule has 1 aromatic carbocycles. The zero-order chi connectivity index (χ0) is 16.5. The molecule has 126 valence electrons. The zero-order valence-electron chi connectivity index (χ0n) is 14.1. The maximum Gasteiger partial charge on any atom is 0.168 e. The molecule has 6 heteroatoms. The largest absolute Gasteiger partial charge is 0.376 e. The van der Waals surface area contributed by atoms with Crippen molar-refractivity contribution in [3.63, 3.8) is 0 Å². The number of para-hydroxylation sites is 2. The predicted molar refractivity (Wildman–Crippen MR) is 96.3 cm³/mol. The lowest BCUT2D eigenvalue weighted by Gasteiger charge is -2.14. The first-order valence-corrected chi connectivity index (χ1v) is 9.41. The SMILES string of the molecule is Cc1nc(SCc2nc3ccccc3[nH]2)n(CC2CCCO2)c1C. The van der Waals surface area contributed by atoms with Crippen LogP contribution in [-0.4, -0.2) is 32.2 Å². The molecule has 0 bridgehead atoms. The molecule has 4 rings (SSSR count). The monoisotopic (exact) mass is 342 g/mol. The van der Waals surface area contributed by atoms with Crippen molar-refractivity contribution in [3.05, 3.63) is 41.5 Å². The molecule has 0 radical (unpaired) electrons. The van der Waals surface area contributed by atoms with Crippen LogP contribution in [-0.2, 0) is 17.0 Å². The van der Waals surface area contributed by atoms with Gasteiger partial charge in [0.15, 0.2) is 5.16 Å². The average Bonchev–Trinajstić information content (AvgIpc) is 3.29. The summed E-state index contributed by atoms with van der Waals surface area (Å²) in [5, 5.41) is 1.06. The maximum absolute atomic E-state index is 5.80. The molecule has 3 aromatic rings. The van der Waals surface area contributed by atoms with E-state index >= 15 is 0 Å². The number of imidazole rings is 2. The molecular formula is C18H22N4OS. The van der Waals surface area contributed by atoms with Gasteiger partial charge in [-0.05, 0) is 38.8 Å². The molecule has 1 unspecified atom stereocenters.